The Kier molecular flexibility index (Phi) is 6.11. The van der Waals surface area contributed by atoms with E-state index >= 15 is 0 Å². The molecule has 0 spiro atoms. The van der Waals surface area contributed by atoms with E-state index in [0.717, 1.165) is 11.8 Å². The van der Waals surface area contributed by atoms with E-state index < -0.39 is 10.0 Å². The highest BCUT2D eigenvalue weighted by Gasteiger charge is 2.29. The highest BCUT2D eigenvalue weighted by Crippen LogP contribution is 2.31. The number of hydrogen-bond acceptors (Lipinski definition) is 8. The Bertz CT molecular complexity index is 1300. The third kappa shape index (κ3) is 5.18. The molecule has 10 nitrogen and oxygen atoms in total. The lowest BCUT2D eigenvalue weighted by Gasteiger charge is -2.31. The maximum atomic E-state index is 12.8. The highest BCUT2D eigenvalue weighted by atomic mass is 32.2. The molecule has 4 rings (SSSR count). The van der Waals surface area contributed by atoms with Gasteiger partial charge in [-0.15, -0.1) is 0 Å². The molecule has 1 aliphatic heterocycles. The lowest BCUT2D eigenvalue weighted by Crippen LogP contribution is -2.38. The molecule has 2 aromatic heterocycles. The van der Waals surface area contributed by atoms with Crippen molar-refractivity contribution in [1.82, 2.24) is 4.98 Å². The molecule has 3 heterocycles. The summed E-state index contributed by atoms with van der Waals surface area (Å²) in [4.78, 5) is 18.9. The van der Waals surface area contributed by atoms with E-state index in [9.17, 15) is 18.5 Å². The smallest absolute Gasteiger partial charge is 0.266 e. The molecule has 1 aliphatic rings. The summed E-state index contributed by atoms with van der Waals surface area (Å²) in [5, 5.41) is 12.3. The van der Waals surface area contributed by atoms with Crippen molar-refractivity contribution in [1.29, 1.82) is 5.26 Å². The molecule has 1 amide bonds. The molecule has 172 valence electrons. The highest BCUT2D eigenvalue weighted by molar-refractivity contribution is 7.92. The van der Waals surface area contributed by atoms with Crippen molar-refractivity contribution in [2.24, 2.45) is 5.92 Å². The molecule has 1 saturated heterocycles. The third-order valence-electron chi connectivity index (χ3n) is 5.40. The van der Waals surface area contributed by atoms with Crippen molar-refractivity contribution in [3.8, 4) is 17.7 Å². The number of oxazole rings is 1. The van der Waals surface area contributed by atoms with Gasteiger partial charge in [-0.3, -0.25) is 9.52 Å². The second kappa shape index (κ2) is 8.99. The van der Waals surface area contributed by atoms with Crippen molar-refractivity contribution in [2.75, 3.05) is 34.3 Å². The molecule has 0 bridgehead atoms. The Morgan fingerprint density at radius 2 is 2.03 bits per heavy atom. The summed E-state index contributed by atoms with van der Waals surface area (Å²) in [5.74, 6) is 0.682. The Morgan fingerprint density at radius 3 is 2.67 bits per heavy atom. The monoisotopic (exact) mass is 469 g/mol. The number of benzene rings is 1. The molecule has 0 saturated carbocycles. The van der Waals surface area contributed by atoms with E-state index in [1.807, 2.05) is 4.90 Å². The van der Waals surface area contributed by atoms with E-state index in [0.29, 0.717) is 49.0 Å². The zero-order valence-corrected chi connectivity index (χ0v) is 19.0. The van der Waals surface area contributed by atoms with Crippen molar-refractivity contribution in [2.45, 2.75) is 19.8 Å². The number of anilines is 3. The quantitative estimate of drug-likeness (QED) is 0.560. The molecular weight excluding hydrogens is 446 g/mol. The van der Waals surface area contributed by atoms with Crippen LogP contribution >= 0.6 is 0 Å². The number of carbonyl (C=O) groups excluding carboxylic acids is 1. The van der Waals surface area contributed by atoms with Crippen LogP contribution in [0.1, 0.15) is 24.1 Å². The van der Waals surface area contributed by atoms with Gasteiger partial charge in [0.1, 0.15) is 6.07 Å². The van der Waals surface area contributed by atoms with Crippen LogP contribution in [0, 0.1) is 24.2 Å². The fourth-order valence-electron chi connectivity index (χ4n) is 3.70. The number of rotatable bonds is 6. The molecule has 2 N–H and O–H groups in total. The van der Waals surface area contributed by atoms with E-state index in [-0.39, 0.29) is 23.4 Å². The number of nitriles is 1. The molecule has 1 fully saturated rings. The van der Waals surface area contributed by atoms with Gasteiger partial charge in [-0.05, 0) is 49.6 Å². The summed E-state index contributed by atoms with van der Waals surface area (Å²) < 4.78 is 36.6. The summed E-state index contributed by atoms with van der Waals surface area (Å²) in [7, 11) is -3.43. The fourth-order valence-corrected chi connectivity index (χ4v) is 4.32. The summed E-state index contributed by atoms with van der Waals surface area (Å²) in [6, 6.07) is 10.6. The minimum atomic E-state index is -3.43. The zero-order valence-electron chi connectivity index (χ0n) is 18.2. The van der Waals surface area contributed by atoms with Crippen LogP contribution in [0.4, 0.5) is 17.3 Å². The van der Waals surface area contributed by atoms with Gasteiger partial charge in [0.25, 0.3) is 5.89 Å². The lowest BCUT2D eigenvalue weighted by atomic mass is 9.95. The van der Waals surface area contributed by atoms with Gasteiger partial charge in [-0.2, -0.15) is 10.2 Å². The van der Waals surface area contributed by atoms with E-state index in [2.05, 4.69) is 21.1 Å². The largest absolute Gasteiger partial charge is 0.459 e. The number of hydrogen-bond donors (Lipinski definition) is 2. The Balaban J connectivity index is 1.40. The number of carbonyl (C=O) groups is 1. The summed E-state index contributed by atoms with van der Waals surface area (Å²) in [5.41, 5.74) is 1.87. The van der Waals surface area contributed by atoms with Crippen LogP contribution < -0.4 is 14.9 Å². The van der Waals surface area contributed by atoms with Crippen molar-refractivity contribution in [3.63, 3.8) is 0 Å². The summed E-state index contributed by atoms with van der Waals surface area (Å²) >= 11 is 0. The zero-order chi connectivity index (χ0) is 23.6. The lowest BCUT2D eigenvalue weighted by molar-refractivity contribution is -0.120. The molecule has 0 unspecified atom stereocenters. The van der Waals surface area contributed by atoms with Crippen LogP contribution in [0.15, 0.2) is 45.4 Å². The summed E-state index contributed by atoms with van der Waals surface area (Å²) in [6.45, 7) is 2.83. The number of aromatic nitrogens is 1. The maximum Gasteiger partial charge on any atom is 0.266 e. The summed E-state index contributed by atoms with van der Waals surface area (Å²) in [6.07, 6.45) is 3.71. The van der Waals surface area contributed by atoms with Crippen molar-refractivity contribution < 1.29 is 22.0 Å². The van der Waals surface area contributed by atoms with Crippen LogP contribution in [0.25, 0.3) is 11.7 Å². The minimum Gasteiger partial charge on any atom is -0.459 e. The molecule has 0 radical (unpaired) electrons. The third-order valence-corrected chi connectivity index (χ3v) is 5.99. The first-order chi connectivity index (χ1) is 15.7. The predicted octanol–water partition coefficient (Wildman–Crippen LogP) is 3.34. The number of furan rings is 1. The minimum absolute atomic E-state index is 0.141. The van der Waals surface area contributed by atoms with Crippen molar-refractivity contribution >= 4 is 33.2 Å². The van der Waals surface area contributed by atoms with Gasteiger partial charge >= 0.3 is 0 Å². The average molecular weight is 470 g/mol. The van der Waals surface area contributed by atoms with Crippen molar-refractivity contribution in [3.05, 3.63) is 47.9 Å². The van der Waals surface area contributed by atoms with Gasteiger partial charge in [0.15, 0.2) is 5.76 Å². The van der Waals surface area contributed by atoms with Crippen LogP contribution in [-0.2, 0) is 14.8 Å². The molecule has 1 aromatic carbocycles. The van der Waals surface area contributed by atoms with Gasteiger partial charge in [-0.25, -0.2) is 8.42 Å². The van der Waals surface area contributed by atoms with Crippen LogP contribution in [-0.4, -0.2) is 38.7 Å². The number of piperidine rings is 1. The fraction of sp³-hybridized carbons (Fsp3) is 0.318. The van der Waals surface area contributed by atoms with Crippen LogP contribution in [0.2, 0.25) is 0 Å². The number of nitrogens with zero attached hydrogens (tertiary/aromatic N) is 3. The Labute approximate surface area is 191 Å². The van der Waals surface area contributed by atoms with Crippen LogP contribution in [0.3, 0.4) is 0 Å². The first kappa shape index (κ1) is 22.4. The molecular formula is C22H23N5O5S. The van der Waals surface area contributed by atoms with Gasteiger partial charge in [0.2, 0.25) is 27.5 Å². The molecule has 0 atom stereocenters. The Morgan fingerprint density at radius 1 is 1.27 bits per heavy atom. The number of aryl methyl sites for hydroxylation is 1. The predicted molar refractivity (Wildman–Crippen MR) is 122 cm³/mol. The van der Waals surface area contributed by atoms with E-state index in [4.69, 9.17) is 8.83 Å². The first-order valence-electron chi connectivity index (χ1n) is 10.3. The van der Waals surface area contributed by atoms with Gasteiger partial charge in [0.05, 0.1) is 18.2 Å². The first-order valence-corrected chi connectivity index (χ1v) is 12.2. The number of amides is 1. The van der Waals surface area contributed by atoms with Crippen LogP contribution in [0.5, 0.6) is 0 Å². The molecule has 33 heavy (non-hydrogen) atoms. The van der Waals surface area contributed by atoms with Gasteiger partial charge in [-0.1, -0.05) is 6.07 Å². The molecule has 11 heteroatoms. The molecule has 3 aromatic rings. The number of sulfonamides is 1. The second-order valence-electron chi connectivity index (χ2n) is 7.92. The Hall–Kier alpha value is -3.78. The standard InChI is InChI=1S/C22H23N5O5S/c1-14-5-6-16(12-17(14)26-33(2,29)30)24-20(28)15-7-9-27(10-8-15)22-18(13-23)25-21(32-22)19-4-3-11-31-19/h3-6,11-12,15,26H,7-10H2,1-2H3,(H,24,28). The SMILES string of the molecule is Cc1ccc(NC(=O)C2CCN(c3oc(-c4ccco4)nc3C#N)CC2)cc1NS(C)(=O)=O. The maximum absolute atomic E-state index is 12.8. The van der Waals surface area contributed by atoms with Gasteiger partial charge in [0, 0.05) is 24.7 Å². The van der Waals surface area contributed by atoms with E-state index in [1.165, 1.54) is 6.26 Å². The second-order valence-corrected chi connectivity index (χ2v) is 9.66. The van der Waals surface area contributed by atoms with Gasteiger partial charge < -0.3 is 19.1 Å². The topological polar surface area (TPSA) is 141 Å². The van der Waals surface area contributed by atoms with E-state index in [1.54, 1.807) is 37.3 Å². The molecule has 0 aliphatic carbocycles. The average Bonchev–Trinajstić information content (AvgIpc) is 3.45. The number of nitrogens with one attached hydrogen (secondary N) is 2. The normalized spacial score (nSPS) is 14.6.